The van der Waals surface area contributed by atoms with Gasteiger partial charge in [0.05, 0.1) is 37.1 Å². The fraction of sp³-hybridized carbons (Fsp3) is 0.375. The molecule has 1 aromatic rings. The predicted molar refractivity (Wildman–Crippen MR) is 86.5 cm³/mol. The molecule has 0 saturated carbocycles. The minimum atomic E-state index is -5.13. The van der Waals surface area contributed by atoms with Crippen molar-refractivity contribution in [1.29, 1.82) is 0 Å². The molecule has 0 saturated heterocycles. The lowest BCUT2D eigenvalue weighted by Crippen LogP contribution is -2.23. The van der Waals surface area contributed by atoms with Gasteiger partial charge in [-0.25, -0.2) is 9.59 Å². The maximum atomic E-state index is 13.4. The molecule has 156 valence electrons. The summed E-state index contributed by atoms with van der Waals surface area (Å²) in [6, 6.07) is 0.775. The zero-order valence-corrected chi connectivity index (χ0v) is 15.1. The van der Waals surface area contributed by atoms with Crippen molar-refractivity contribution in [2.45, 2.75) is 12.4 Å². The van der Waals surface area contributed by atoms with Crippen molar-refractivity contribution in [1.82, 2.24) is 0 Å². The average molecular weight is 414 g/mol. The molecular weight excluding hydrogens is 398 g/mol. The molecule has 1 aromatic carbocycles. The summed E-state index contributed by atoms with van der Waals surface area (Å²) in [5.74, 6) is -2.28. The van der Waals surface area contributed by atoms with Gasteiger partial charge in [0.15, 0.2) is 0 Å². The van der Waals surface area contributed by atoms with Crippen molar-refractivity contribution in [3.05, 3.63) is 35.0 Å². The first-order chi connectivity index (χ1) is 12.7. The predicted octanol–water partition coefficient (Wildman–Crippen LogP) is 3.43. The van der Waals surface area contributed by atoms with Gasteiger partial charge in [-0.3, -0.25) is 0 Å². The molecule has 0 atom stereocenters. The van der Waals surface area contributed by atoms with E-state index in [0.29, 0.717) is 23.1 Å². The average Bonchev–Trinajstić information content (AvgIpc) is 2.57. The SMILES string of the molecule is COC(=O)/C=C(/Nc1cc(C(F)(F)F)c(N(C)C)c(C(F)(F)F)c1)C(=O)OC. The van der Waals surface area contributed by atoms with Gasteiger partial charge in [0.1, 0.15) is 5.70 Å². The van der Waals surface area contributed by atoms with Crippen LogP contribution in [0.5, 0.6) is 0 Å². The third kappa shape index (κ3) is 5.54. The van der Waals surface area contributed by atoms with Gasteiger partial charge in [-0.1, -0.05) is 0 Å². The van der Waals surface area contributed by atoms with E-state index in [-0.39, 0.29) is 0 Å². The Kier molecular flexibility index (Phi) is 6.93. The smallest absolute Gasteiger partial charge is 0.418 e. The van der Waals surface area contributed by atoms with Crippen LogP contribution in [0.4, 0.5) is 37.7 Å². The van der Waals surface area contributed by atoms with Crippen LogP contribution in [0.3, 0.4) is 0 Å². The van der Waals surface area contributed by atoms with E-state index in [2.05, 4.69) is 14.8 Å². The van der Waals surface area contributed by atoms with E-state index in [1.54, 1.807) is 0 Å². The van der Waals surface area contributed by atoms with Crippen molar-refractivity contribution < 1.29 is 45.4 Å². The van der Waals surface area contributed by atoms with Gasteiger partial charge in [0.2, 0.25) is 0 Å². The van der Waals surface area contributed by atoms with Crippen molar-refractivity contribution in [3.8, 4) is 0 Å². The molecule has 0 aliphatic heterocycles. The summed E-state index contributed by atoms with van der Waals surface area (Å²) in [7, 11) is 3.93. The first-order valence-electron chi connectivity index (χ1n) is 7.37. The molecule has 28 heavy (non-hydrogen) atoms. The number of nitrogens with one attached hydrogen (secondary N) is 1. The Balaban J connectivity index is 3.70. The Hall–Kier alpha value is -2.92. The highest BCUT2D eigenvalue weighted by Crippen LogP contribution is 2.45. The molecule has 0 aliphatic carbocycles. The Bertz CT molecular complexity index is 749. The summed E-state index contributed by atoms with van der Waals surface area (Å²) in [6.07, 6.45) is -9.73. The highest BCUT2D eigenvalue weighted by Gasteiger charge is 2.42. The number of carbonyl (C=O) groups is 2. The largest absolute Gasteiger partial charge is 0.466 e. The second-order valence-electron chi connectivity index (χ2n) is 5.51. The van der Waals surface area contributed by atoms with E-state index >= 15 is 0 Å². The minimum absolute atomic E-state index is 0.388. The topological polar surface area (TPSA) is 67.9 Å². The van der Waals surface area contributed by atoms with Gasteiger partial charge in [-0.2, -0.15) is 26.3 Å². The molecule has 0 bridgehead atoms. The van der Waals surface area contributed by atoms with E-state index < -0.39 is 52.5 Å². The molecule has 0 amide bonds. The highest BCUT2D eigenvalue weighted by atomic mass is 19.4. The van der Waals surface area contributed by atoms with Gasteiger partial charge < -0.3 is 19.7 Å². The van der Waals surface area contributed by atoms with E-state index in [0.717, 1.165) is 28.3 Å². The number of methoxy groups -OCH3 is 2. The normalized spacial score (nSPS) is 12.4. The maximum Gasteiger partial charge on any atom is 0.418 e. The van der Waals surface area contributed by atoms with E-state index in [1.165, 1.54) is 0 Å². The van der Waals surface area contributed by atoms with Crippen LogP contribution in [-0.2, 0) is 31.4 Å². The molecule has 0 spiro atoms. The summed E-state index contributed by atoms with van der Waals surface area (Å²) in [5.41, 5.74) is -5.71. The first kappa shape index (κ1) is 23.1. The Morgan fingerprint density at radius 2 is 1.43 bits per heavy atom. The molecule has 12 heteroatoms. The number of benzene rings is 1. The van der Waals surface area contributed by atoms with E-state index in [4.69, 9.17) is 0 Å². The monoisotopic (exact) mass is 414 g/mol. The van der Waals surface area contributed by atoms with Gasteiger partial charge >= 0.3 is 24.3 Å². The van der Waals surface area contributed by atoms with Crippen LogP contribution >= 0.6 is 0 Å². The minimum Gasteiger partial charge on any atom is -0.466 e. The Labute approximate surface area is 155 Å². The van der Waals surface area contributed by atoms with E-state index in [9.17, 15) is 35.9 Å². The van der Waals surface area contributed by atoms with Crippen LogP contribution in [0.25, 0.3) is 0 Å². The third-order valence-corrected chi connectivity index (χ3v) is 3.32. The summed E-state index contributed by atoms with van der Waals surface area (Å²) in [6.45, 7) is 0. The van der Waals surface area contributed by atoms with Crippen LogP contribution in [-0.4, -0.2) is 40.3 Å². The highest BCUT2D eigenvalue weighted by molar-refractivity contribution is 5.98. The second-order valence-corrected chi connectivity index (χ2v) is 5.51. The lowest BCUT2D eigenvalue weighted by molar-refractivity contribution is -0.142. The number of alkyl halides is 6. The number of anilines is 2. The summed E-state index contributed by atoms with van der Waals surface area (Å²) in [4.78, 5) is 23.7. The number of esters is 2. The molecule has 1 rings (SSSR count). The fourth-order valence-electron chi connectivity index (χ4n) is 2.21. The molecule has 0 aliphatic rings. The van der Waals surface area contributed by atoms with Crippen molar-refractivity contribution >= 4 is 23.3 Å². The number of halogens is 6. The lowest BCUT2D eigenvalue weighted by Gasteiger charge is -2.25. The van der Waals surface area contributed by atoms with E-state index in [1.807, 2.05) is 0 Å². The number of rotatable bonds is 5. The number of ether oxygens (including phenoxy) is 2. The first-order valence-corrected chi connectivity index (χ1v) is 7.37. The summed E-state index contributed by atoms with van der Waals surface area (Å²) >= 11 is 0. The lowest BCUT2D eigenvalue weighted by atomic mass is 10.0. The zero-order chi connectivity index (χ0) is 21.9. The van der Waals surface area contributed by atoms with Gasteiger partial charge in [0, 0.05) is 19.8 Å². The molecule has 0 aromatic heterocycles. The molecule has 0 unspecified atom stereocenters. The molecule has 0 fully saturated rings. The summed E-state index contributed by atoms with van der Waals surface area (Å²) < 4.78 is 88.9. The number of hydrogen-bond acceptors (Lipinski definition) is 6. The van der Waals surface area contributed by atoms with Gasteiger partial charge in [-0.15, -0.1) is 0 Å². The van der Waals surface area contributed by atoms with Crippen LogP contribution in [0.15, 0.2) is 23.9 Å². The molecule has 1 N–H and O–H groups in total. The van der Waals surface area contributed by atoms with Crippen molar-refractivity contribution in [2.75, 3.05) is 38.5 Å². The molecular formula is C16H16F6N2O4. The van der Waals surface area contributed by atoms with Crippen molar-refractivity contribution in [3.63, 3.8) is 0 Å². The molecule has 0 heterocycles. The number of nitrogens with zero attached hydrogens (tertiary/aromatic N) is 1. The zero-order valence-electron chi connectivity index (χ0n) is 15.1. The second kappa shape index (κ2) is 8.40. The fourth-order valence-corrected chi connectivity index (χ4v) is 2.21. The molecule has 6 nitrogen and oxygen atoms in total. The quantitative estimate of drug-likeness (QED) is 0.453. The standard InChI is InChI=1S/C16H16F6N2O4/c1-24(2)13-9(15(17,18)19)5-8(6-10(13)16(20,21)22)23-11(14(26)28-4)7-12(25)27-3/h5-7,23H,1-4H3/b11-7+. The van der Waals surface area contributed by atoms with Crippen LogP contribution in [0.1, 0.15) is 11.1 Å². The van der Waals surface area contributed by atoms with Crippen LogP contribution in [0, 0.1) is 0 Å². The van der Waals surface area contributed by atoms with Gasteiger partial charge in [0.25, 0.3) is 0 Å². The Morgan fingerprint density at radius 3 is 1.75 bits per heavy atom. The third-order valence-electron chi connectivity index (χ3n) is 3.32. The Morgan fingerprint density at radius 1 is 0.964 bits per heavy atom. The number of carbonyl (C=O) groups excluding carboxylic acids is 2. The summed E-state index contributed by atoms with van der Waals surface area (Å²) in [5, 5.41) is 2.05. The van der Waals surface area contributed by atoms with Crippen molar-refractivity contribution in [2.24, 2.45) is 0 Å². The number of hydrogen-bond donors (Lipinski definition) is 1. The maximum absolute atomic E-state index is 13.4. The van der Waals surface area contributed by atoms with Gasteiger partial charge in [-0.05, 0) is 12.1 Å². The molecule has 0 radical (unpaired) electrons. The van der Waals surface area contributed by atoms with Crippen LogP contribution < -0.4 is 10.2 Å². The van der Waals surface area contributed by atoms with Crippen LogP contribution in [0.2, 0.25) is 0 Å².